The lowest BCUT2D eigenvalue weighted by Gasteiger charge is -2.15. The summed E-state index contributed by atoms with van der Waals surface area (Å²) >= 11 is 5.92. The Hall–Kier alpha value is -0.730. The van der Waals surface area contributed by atoms with Gasteiger partial charge in [0.15, 0.2) is 0 Å². The fourth-order valence-corrected chi connectivity index (χ4v) is 1.20. The van der Waals surface area contributed by atoms with E-state index in [0.717, 1.165) is 6.42 Å². The molecule has 0 amide bonds. The molecule has 3 heteroatoms. The lowest BCUT2D eigenvalue weighted by atomic mass is 10.2. The van der Waals surface area contributed by atoms with Gasteiger partial charge >= 0.3 is 0 Å². The van der Waals surface area contributed by atoms with E-state index in [4.69, 9.17) is 22.1 Å². The maximum absolute atomic E-state index is 5.92. The van der Waals surface area contributed by atoms with Crippen LogP contribution in [-0.4, -0.2) is 12.6 Å². The van der Waals surface area contributed by atoms with Crippen LogP contribution < -0.4 is 10.5 Å². The van der Waals surface area contributed by atoms with Crippen LogP contribution in [0.1, 0.15) is 13.3 Å². The fraction of sp³-hybridized carbons (Fsp3) is 0.400. The first kappa shape index (κ1) is 10.4. The van der Waals surface area contributed by atoms with Gasteiger partial charge in [-0.1, -0.05) is 30.7 Å². The van der Waals surface area contributed by atoms with Crippen LogP contribution in [0.25, 0.3) is 0 Å². The lowest BCUT2D eigenvalue weighted by molar-refractivity contribution is 0.205. The molecule has 1 rings (SSSR count). The standard InChI is InChI=1S/C10H14ClNO/c1-2-8(7-12)13-10-6-4-3-5-9(10)11/h3-6,8H,2,7,12H2,1H3/t8-/m1/s1. The van der Waals surface area contributed by atoms with Gasteiger partial charge in [0.25, 0.3) is 0 Å². The summed E-state index contributed by atoms with van der Waals surface area (Å²) in [5.74, 6) is 0.710. The molecular weight excluding hydrogens is 186 g/mol. The number of ether oxygens (including phenoxy) is 1. The first-order valence-corrected chi connectivity index (χ1v) is 4.77. The molecule has 0 bridgehead atoms. The minimum atomic E-state index is 0.0555. The number of rotatable bonds is 4. The molecule has 1 aromatic rings. The molecule has 72 valence electrons. The Bertz CT molecular complexity index is 261. The van der Waals surface area contributed by atoms with E-state index < -0.39 is 0 Å². The average molecular weight is 200 g/mol. The first-order chi connectivity index (χ1) is 6.27. The van der Waals surface area contributed by atoms with Gasteiger partial charge in [0.05, 0.1) is 5.02 Å². The number of benzene rings is 1. The van der Waals surface area contributed by atoms with Crippen molar-refractivity contribution < 1.29 is 4.74 Å². The van der Waals surface area contributed by atoms with Crippen molar-refractivity contribution in [2.45, 2.75) is 19.4 Å². The van der Waals surface area contributed by atoms with Crippen molar-refractivity contribution >= 4 is 11.6 Å². The van der Waals surface area contributed by atoms with E-state index in [1.54, 1.807) is 6.07 Å². The Morgan fingerprint density at radius 1 is 1.46 bits per heavy atom. The number of para-hydroxylation sites is 1. The van der Waals surface area contributed by atoms with Crippen LogP contribution in [-0.2, 0) is 0 Å². The third kappa shape index (κ3) is 2.90. The normalized spacial score (nSPS) is 12.5. The van der Waals surface area contributed by atoms with Crippen LogP contribution in [0.4, 0.5) is 0 Å². The fourth-order valence-electron chi connectivity index (χ4n) is 1.02. The quantitative estimate of drug-likeness (QED) is 0.809. The maximum Gasteiger partial charge on any atom is 0.138 e. The van der Waals surface area contributed by atoms with E-state index in [0.29, 0.717) is 17.3 Å². The van der Waals surface area contributed by atoms with E-state index >= 15 is 0 Å². The molecule has 13 heavy (non-hydrogen) atoms. The number of halogens is 1. The maximum atomic E-state index is 5.92. The molecule has 2 nitrogen and oxygen atoms in total. The highest BCUT2D eigenvalue weighted by molar-refractivity contribution is 6.32. The highest BCUT2D eigenvalue weighted by Gasteiger charge is 2.07. The van der Waals surface area contributed by atoms with Gasteiger partial charge in [0, 0.05) is 6.54 Å². The summed E-state index contributed by atoms with van der Waals surface area (Å²) in [5, 5.41) is 0.634. The number of nitrogens with two attached hydrogens (primary N) is 1. The molecule has 0 unspecified atom stereocenters. The summed E-state index contributed by atoms with van der Waals surface area (Å²) in [6, 6.07) is 7.42. The van der Waals surface area contributed by atoms with Gasteiger partial charge in [-0.05, 0) is 18.6 Å². The summed E-state index contributed by atoms with van der Waals surface area (Å²) in [5.41, 5.74) is 5.51. The zero-order valence-electron chi connectivity index (χ0n) is 7.66. The van der Waals surface area contributed by atoms with Crippen molar-refractivity contribution in [2.75, 3.05) is 6.54 Å². The molecule has 0 saturated heterocycles. The molecule has 0 fully saturated rings. The Balaban J connectivity index is 2.67. The van der Waals surface area contributed by atoms with E-state index in [9.17, 15) is 0 Å². The molecule has 0 heterocycles. The zero-order chi connectivity index (χ0) is 9.68. The molecule has 0 aromatic heterocycles. The molecule has 0 radical (unpaired) electrons. The highest BCUT2D eigenvalue weighted by atomic mass is 35.5. The van der Waals surface area contributed by atoms with Crippen LogP contribution in [0.3, 0.4) is 0 Å². The summed E-state index contributed by atoms with van der Waals surface area (Å²) < 4.78 is 5.59. The second-order valence-electron chi connectivity index (χ2n) is 2.81. The molecule has 0 spiro atoms. The minimum Gasteiger partial charge on any atom is -0.488 e. The molecular formula is C10H14ClNO. The van der Waals surface area contributed by atoms with Crippen molar-refractivity contribution in [3.05, 3.63) is 29.3 Å². The van der Waals surface area contributed by atoms with Crippen LogP contribution in [0.2, 0.25) is 5.02 Å². The van der Waals surface area contributed by atoms with Crippen molar-refractivity contribution in [3.63, 3.8) is 0 Å². The summed E-state index contributed by atoms with van der Waals surface area (Å²) in [6.45, 7) is 2.55. The van der Waals surface area contributed by atoms with Crippen LogP contribution in [0.15, 0.2) is 24.3 Å². The topological polar surface area (TPSA) is 35.2 Å². The van der Waals surface area contributed by atoms with Gasteiger partial charge in [0.2, 0.25) is 0 Å². The van der Waals surface area contributed by atoms with E-state index in [-0.39, 0.29) is 6.10 Å². The van der Waals surface area contributed by atoms with Gasteiger partial charge < -0.3 is 10.5 Å². The Morgan fingerprint density at radius 2 is 2.15 bits per heavy atom. The molecule has 2 N–H and O–H groups in total. The average Bonchev–Trinajstić information content (AvgIpc) is 2.17. The van der Waals surface area contributed by atoms with E-state index in [1.807, 2.05) is 25.1 Å². The zero-order valence-corrected chi connectivity index (χ0v) is 8.42. The predicted octanol–water partition coefficient (Wildman–Crippen LogP) is 2.46. The third-order valence-electron chi connectivity index (χ3n) is 1.85. The van der Waals surface area contributed by atoms with Crippen molar-refractivity contribution in [3.8, 4) is 5.75 Å². The highest BCUT2D eigenvalue weighted by Crippen LogP contribution is 2.24. The molecule has 0 aliphatic carbocycles. The molecule has 0 aliphatic rings. The van der Waals surface area contributed by atoms with Gasteiger partial charge in [-0.2, -0.15) is 0 Å². The SMILES string of the molecule is CC[C@H](CN)Oc1ccccc1Cl. The molecule has 0 aliphatic heterocycles. The number of hydrogen-bond donors (Lipinski definition) is 1. The van der Waals surface area contributed by atoms with Crippen LogP contribution >= 0.6 is 11.6 Å². The summed E-state index contributed by atoms with van der Waals surface area (Å²) in [4.78, 5) is 0. The second-order valence-corrected chi connectivity index (χ2v) is 3.22. The van der Waals surface area contributed by atoms with Gasteiger partial charge in [-0.3, -0.25) is 0 Å². The third-order valence-corrected chi connectivity index (χ3v) is 2.16. The van der Waals surface area contributed by atoms with E-state index in [1.165, 1.54) is 0 Å². The Morgan fingerprint density at radius 3 is 2.69 bits per heavy atom. The summed E-state index contributed by atoms with van der Waals surface area (Å²) in [7, 11) is 0. The monoisotopic (exact) mass is 199 g/mol. The number of hydrogen-bond acceptors (Lipinski definition) is 2. The smallest absolute Gasteiger partial charge is 0.138 e. The van der Waals surface area contributed by atoms with Gasteiger partial charge in [-0.15, -0.1) is 0 Å². The lowest BCUT2D eigenvalue weighted by Crippen LogP contribution is -2.25. The largest absolute Gasteiger partial charge is 0.488 e. The minimum absolute atomic E-state index is 0.0555. The summed E-state index contributed by atoms with van der Waals surface area (Å²) in [6.07, 6.45) is 0.946. The Kier molecular flexibility index (Phi) is 4.06. The molecule has 0 saturated carbocycles. The predicted molar refractivity (Wildman–Crippen MR) is 55.2 cm³/mol. The molecule has 1 aromatic carbocycles. The van der Waals surface area contributed by atoms with Crippen LogP contribution in [0, 0.1) is 0 Å². The van der Waals surface area contributed by atoms with Gasteiger partial charge in [0.1, 0.15) is 11.9 Å². The first-order valence-electron chi connectivity index (χ1n) is 4.39. The van der Waals surface area contributed by atoms with Crippen molar-refractivity contribution in [1.29, 1.82) is 0 Å². The van der Waals surface area contributed by atoms with Crippen molar-refractivity contribution in [2.24, 2.45) is 5.73 Å². The second kappa shape index (κ2) is 5.10. The van der Waals surface area contributed by atoms with Gasteiger partial charge in [-0.25, -0.2) is 0 Å². The van der Waals surface area contributed by atoms with E-state index in [2.05, 4.69) is 0 Å². The van der Waals surface area contributed by atoms with Crippen molar-refractivity contribution in [1.82, 2.24) is 0 Å². The van der Waals surface area contributed by atoms with Crippen LogP contribution in [0.5, 0.6) is 5.75 Å². The molecule has 1 atom stereocenters. The Labute approximate surface area is 83.6 Å².